The van der Waals surface area contributed by atoms with Gasteiger partial charge in [0, 0.05) is 24.3 Å². The van der Waals surface area contributed by atoms with Crippen molar-refractivity contribution >= 4 is 11.9 Å². The van der Waals surface area contributed by atoms with Gasteiger partial charge in [0.05, 0.1) is 0 Å². The molecule has 0 saturated heterocycles. The molecule has 1 aliphatic carbocycles. The predicted molar refractivity (Wildman–Crippen MR) is 67.6 cm³/mol. The summed E-state index contributed by atoms with van der Waals surface area (Å²) in [6.45, 7) is 2.81. The van der Waals surface area contributed by atoms with E-state index in [9.17, 15) is 14.7 Å². The van der Waals surface area contributed by atoms with Crippen LogP contribution in [-0.4, -0.2) is 18.4 Å². The molecule has 4 heteroatoms. The average Bonchev–Trinajstić information content (AvgIpc) is 2.38. The first-order chi connectivity index (χ1) is 8.66. The zero-order valence-corrected chi connectivity index (χ0v) is 11.2. The highest BCUT2D eigenvalue weighted by molar-refractivity contribution is 5.84. The Balaban J connectivity index is 2.32. The molecule has 0 heterocycles. The Kier molecular flexibility index (Phi) is 6.76. The molecule has 0 aliphatic heterocycles. The lowest BCUT2D eigenvalue weighted by atomic mass is 9.78. The Hall–Kier alpha value is -1.06. The number of unbranched alkanes of at least 4 members (excludes halogenated alkanes) is 3. The average molecular weight is 254 g/mol. The van der Waals surface area contributed by atoms with Gasteiger partial charge in [-0.25, -0.2) is 0 Å². The Bertz CT molecular complexity index is 278. The van der Waals surface area contributed by atoms with E-state index in [0.29, 0.717) is 19.4 Å². The third-order valence-corrected chi connectivity index (χ3v) is 3.74. The van der Waals surface area contributed by atoms with Crippen molar-refractivity contribution in [2.45, 2.75) is 58.3 Å². The van der Waals surface area contributed by atoms with Crippen LogP contribution in [0.25, 0.3) is 0 Å². The van der Waals surface area contributed by atoms with Crippen LogP contribution in [0.1, 0.15) is 58.3 Å². The van der Waals surface area contributed by atoms with E-state index in [0.717, 1.165) is 25.7 Å². The summed E-state index contributed by atoms with van der Waals surface area (Å²) < 4.78 is 0. The number of amides is 1. The lowest BCUT2D eigenvalue weighted by Crippen LogP contribution is -2.44. The quantitative estimate of drug-likeness (QED) is 0.695. The molecule has 0 aromatic carbocycles. The number of hydrogen-bond acceptors (Lipinski definition) is 3. The van der Waals surface area contributed by atoms with Crippen LogP contribution in [-0.2, 0) is 9.59 Å². The summed E-state index contributed by atoms with van der Waals surface area (Å²) in [5, 5.41) is 13.9. The van der Waals surface area contributed by atoms with E-state index in [-0.39, 0.29) is 11.8 Å². The lowest BCUT2D eigenvalue weighted by molar-refractivity contribution is -0.314. The van der Waals surface area contributed by atoms with Crippen molar-refractivity contribution in [3.8, 4) is 0 Å². The van der Waals surface area contributed by atoms with Crippen molar-refractivity contribution in [1.29, 1.82) is 0 Å². The molecule has 0 aromatic rings. The van der Waals surface area contributed by atoms with Crippen LogP contribution in [0.5, 0.6) is 0 Å². The number of aliphatic carboxylic acids is 1. The highest BCUT2D eigenvalue weighted by Crippen LogP contribution is 2.29. The van der Waals surface area contributed by atoms with Gasteiger partial charge in [-0.05, 0) is 19.3 Å². The third-order valence-electron chi connectivity index (χ3n) is 3.74. The lowest BCUT2D eigenvalue weighted by Gasteiger charge is -2.31. The molecule has 0 spiro atoms. The van der Waals surface area contributed by atoms with Crippen molar-refractivity contribution in [1.82, 2.24) is 5.32 Å². The van der Waals surface area contributed by atoms with Crippen LogP contribution in [0.3, 0.4) is 0 Å². The minimum atomic E-state index is -1.07. The molecule has 0 unspecified atom stereocenters. The Morgan fingerprint density at radius 1 is 1.11 bits per heavy atom. The van der Waals surface area contributed by atoms with Crippen LogP contribution in [0, 0.1) is 11.8 Å². The number of carboxylic acid groups (broad SMARTS) is 1. The molecule has 1 saturated carbocycles. The van der Waals surface area contributed by atoms with Gasteiger partial charge in [-0.3, -0.25) is 4.79 Å². The van der Waals surface area contributed by atoms with Gasteiger partial charge in [0.2, 0.25) is 5.91 Å². The maximum Gasteiger partial charge on any atom is 0.223 e. The molecule has 104 valence electrons. The highest BCUT2D eigenvalue weighted by atomic mass is 16.4. The summed E-state index contributed by atoms with van der Waals surface area (Å²) in [6, 6.07) is 0. The van der Waals surface area contributed by atoms with E-state index in [1.165, 1.54) is 12.8 Å². The van der Waals surface area contributed by atoms with Crippen LogP contribution >= 0.6 is 0 Å². The SMILES string of the molecule is CCCCCCNC(=O)[C@H]1CCCC[C@H]1C(=O)[O-]. The monoisotopic (exact) mass is 254 g/mol. The van der Waals surface area contributed by atoms with Crippen molar-refractivity contribution in [3.05, 3.63) is 0 Å². The Morgan fingerprint density at radius 2 is 1.78 bits per heavy atom. The van der Waals surface area contributed by atoms with E-state index < -0.39 is 11.9 Å². The van der Waals surface area contributed by atoms with Crippen LogP contribution in [0.4, 0.5) is 0 Å². The van der Waals surface area contributed by atoms with E-state index >= 15 is 0 Å². The van der Waals surface area contributed by atoms with Gasteiger partial charge in [-0.1, -0.05) is 39.0 Å². The fourth-order valence-electron chi connectivity index (χ4n) is 2.62. The molecule has 1 fully saturated rings. The normalized spacial score (nSPS) is 23.6. The number of carboxylic acids is 1. The van der Waals surface area contributed by atoms with Gasteiger partial charge in [0.15, 0.2) is 0 Å². The van der Waals surface area contributed by atoms with E-state index in [2.05, 4.69) is 12.2 Å². The topological polar surface area (TPSA) is 69.2 Å². The molecular weight excluding hydrogens is 230 g/mol. The van der Waals surface area contributed by atoms with Crippen LogP contribution in [0.15, 0.2) is 0 Å². The van der Waals surface area contributed by atoms with Crippen molar-refractivity contribution in [2.75, 3.05) is 6.54 Å². The summed E-state index contributed by atoms with van der Waals surface area (Å²) in [7, 11) is 0. The molecule has 1 amide bonds. The summed E-state index contributed by atoms with van der Waals surface area (Å²) >= 11 is 0. The molecule has 1 N–H and O–H groups in total. The molecule has 2 atom stereocenters. The Labute approximate surface area is 109 Å². The predicted octanol–water partition coefficient (Wildman–Crippen LogP) is 1.24. The second kappa shape index (κ2) is 8.11. The number of hydrogen-bond donors (Lipinski definition) is 1. The second-order valence-corrected chi connectivity index (χ2v) is 5.17. The van der Waals surface area contributed by atoms with E-state index in [1.54, 1.807) is 0 Å². The highest BCUT2D eigenvalue weighted by Gasteiger charge is 2.31. The van der Waals surface area contributed by atoms with E-state index in [4.69, 9.17) is 0 Å². The molecule has 1 aliphatic rings. The molecule has 0 radical (unpaired) electrons. The molecule has 1 rings (SSSR count). The first-order valence-corrected chi connectivity index (χ1v) is 7.15. The summed E-state index contributed by atoms with van der Waals surface area (Å²) in [5.74, 6) is -2.13. The van der Waals surface area contributed by atoms with Gasteiger partial charge in [0.1, 0.15) is 0 Å². The van der Waals surface area contributed by atoms with Gasteiger partial charge in [0.25, 0.3) is 0 Å². The van der Waals surface area contributed by atoms with Gasteiger partial charge in [-0.15, -0.1) is 0 Å². The second-order valence-electron chi connectivity index (χ2n) is 5.17. The third kappa shape index (κ3) is 4.67. The maximum atomic E-state index is 11.9. The number of rotatable bonds is 7. The molecule has 18 heavy (non-hydrogen) atoms. The number of carbonyl (C=O) groups excluding carboxylic acids is 2. The minimum Gasteiger partial charge on any atom is -0.550 e. The summed E-state index contributed by atoms with van der Waals surface area (Å²) in [5.41, 5.74) is 0. The van der Waals surface area contributed by atoms with Crippen molar-refractivity contribution < 1.29 is 14.7 Å². The summed E-state index contributed by atoms with van der Waals surface area (Å²) in [4.78, 5) is 22.9. The summed E-state index contributed by atoms with van der Waals surface area (Å²) in [6.07, 6.45) is 7.53. The standard InChI is InChI=1S/C14H25NO3/c1-2-3-4-7-10-15-13(16)11-8-5-6-9-12(11)14(17)18/h11-12H,2-10H2,1H3,(H,15,16)(H,17,18)/p-1/t11-,12+/m0/s1. The minimum absolute atomic E-state index is 0.0969. The fourth-order valence-corrected chi connectivity index (χ4v) is 2.62. The Morgan fingerprint density at radius 3 is 2.39 bits per heavy atom. The molecule has 4 nitrogen and oxygen atoms in total. The first-order valence-electron chi connectivity index (χ1n) is 7.15. The number of nitrogens with one attached hydrogen (secondary N) is 1. The largest absolute Gasteiger partial charge is 0.550 e. The molecule has 0 bridgehead atoms. The first kappa shape index (κ1) is 15.0. The fraction of sp³-hybridized carbons (Fsp3) is 0.857. The zero-order chi connectivity index (χ0) is 13.4. The van der Waals surface area contributed by atoms with E-state index in [1.807, 2.05) is 0 Å². The van der Waals surface area contributed by atoms with Gasteiger partial charge >= 0.3 is 0 Å². The molecule has 0 aromatic heterocycles. The molecular formula is C14H24NO3-. The van der Waals surface area contributed by atoms with Crippen LogP contribution < -0.4 is 10.4 Å². The zero-order valence-electron chi connectivity index (χ0n) is 11.2. The number of carbonyl (C=O) groups is 2. The van der Waals surface area contributed by atoms with Crippen LogP contribution in [0.2, 0.25) is 0 Å². The van der Waals surface area contributed by atoms with Crippen molar-refractivity contribution in [2.24, 2.45) is 11.8 Å². The van der Waals surface area contributed by atoms with Gasteiger partial charge in [-0.2, -0.15) is 0 Å². The van der Waals surface area contributed by atoms with Gasteiger partial charge < -0.3 is 15.2 Å². The maximum absolute atomic E-state index is 11.9. The smallest absolute Gasteiger partial charge is 0.223 e. The van der Waals surface area contributed by atoms with Crippen molar-refractivity contribution in [3.63, 3.8) is 0 Å².